The summed E-state index contributed by atoms with van der Waals surface area (Å²) < 4.78 is 41.6. The highest BCUT2D eigenvalue weighted by atomic mass is 35.5. The van der Waals surface area contributed by atoms with Gasteiger partial charge in [0.15, 0.2) is 0 Å². The van der Waals surface area contributed by atoms with Crippen LogP contribution in [0.15, 0.2) is 42.7 Å². The number of anilines is 1. The van der Waals surface area contributed by atoms with Gasteiger partial charge in [0.25, 0.3) is 0 Å². The van der Waals surface area contributed by atoms with Crippen molar-refractivity contribution in [3.8, 4) is 11.4 Å². The zero-order chi connectivity index (χ0) is 18.3. The van der Waals surface area contributed by atoms with Crippen molar-refractivity contribution in [1.82, 2.24) is 19.7 Å². The van der Waals surface area contributed by atoms with Gasteiger partial charge >= 0.3 is 6.18 Å². The highest BCUT2D eigenvalue weighted by Crippen LogP contribution is 2.36. The Morgan fingerprint density at radius 3 is 2.62 bits per heavy atom. The lowest BCUT2D eigenvalue weighted by Gasteiger charge is -2.30. The lowest BCUT2D eigenvalue weighted by molar-refractivity contribution is -0.137. The van der Waals surface area contributed by atoms with Crippen LogP contribution >= 0.6 is 11.6 Å². The molecule has 5 nitrogen and oxygen atoms in total. The number of hydrogen-bond donors (Lipinski definition) is 0. The van der Waals surface area contributed by atoms with Gasteiger partial charge in [0, 0.05) is 18.9 Å². The maximum absolute atomic E-state index is 13.3. The summed E-state index contributed by atoms with van der Waals surface area (Å²) >= 11 is 5.85. The van der Waals surface area contributed by atoms with Crippen LogP contribution in [0.5, 0.6) is 0 Å². The highest BCUT2D eigenvalue weighted by Gasteiger charge is 2.36. The molecule has 0 saturated carbocycles. The minimum Gasteiger partial charge on any atom is -0.348 e. The average molecular weight is 380 g/mol. The molecule has 0 amide bonds. The molecule has 3 aromatic rings. The molecule has 134 valence electrons. The molecule has 4 heterocycles. The van der Waals surface area contributed by atoms with Gasteiger partial charge in [0.2, 0.25) is 0 Å². The van der Waals surface area contributed by atoms with Crippen LogP contribution in [0.4, 0.5) is 19.0 Å². The van der Waals surface area contributed by atoms with Crippen LogP contribution in [-0.4, -0.2) is 26.3 Å². The molecular formula is C17H13ClF3N5. The quantitative estimate of drug-likeness (QED) is 0.674. The number of aromatic nitrogens is 4. The smallest absolute Gasteiger partial charge is 0.348 e. The summed E-state index contributed by atoms with van der Waals surface area (Å²) in [4.78, 5) is 9.82. The van der Waals surface area contributed by atoms with E-state index in [4.69, 9.17) is 11.6 Å². The normalized spacial score (nSPS) is 14.4. The van der Waals surface area contributed by atoms with E-state index in [1.54, 1.807) is 21.7 Å². The fraction of sp³-hybridized carbons (Fsp3) is 0.235. The van der Waals surface area contributed by atoms with Gasteiger partial charge in [-0.3, -0.25) is 9.67 Å². The Bertz CT molecular complexity index is 936. The van der Waals surface area contributed by atoms with Gasteiger partial charge in [-0.2, -0.15) is 18.3 Å². The molecule has 9 heteroatoms. The molecule has 1 aliphatic heterocycles. The molecule has 0 spiro atoms. The molecule has 0 N–H and O–H groups in total. The minimum absolute atomic E-state index is 0.0568. The molecule has 26 heavy (non-hydrogen) atoms. The second kappa shape index (κ2) is 6.28. The predicted molar refractivity (Wildman–Crippen MR) is 90.8 cm³/mol. The number of pyridine rings is 2. The number of nitrogens with zero attached hydrogens (tertiary/aromatic N) is 5. The van der Waals surface area contributed by atoms with Crippen molar-refractivity contribution in [3.63, 3.8) is 0 Å². The molecule has 0 radical (unpaired) electrons. The Morgan fingerprint density at radius 1 is 1.04 bits per heavy atom. The second-order valence-electron chi connectivity index (χ2n) is 5.90. The van der Waals surface area contributed by atoms with Gasteiger partial charge in [0.1, 0.15) is 11.5 Å². The van der Waals surface area contributed by atoms with E-state index in [0.29, 0.717) is 36.0 Å². The van der Waals surface area contributed by atoms with E-state index < -0.39 is 11.7 Å². The molecular weight excluding hydrogens is 367 g/mol. The molecule has 4 rings (SSSR count). The Balaban J connectivity index is 1.64. The van der Waals surface area contributed by atoms with Gasteiger partial charge in [-0.15, -0.1) is 0 Å². The summed E-state index contributed by atoms with van der Waals surface area (Å²) in [5.74, 6) is -0.0568. The maximum Gasteiger partial charge on any atom is 0.419 e. The standard InChI is InChI=1S/C17H13ClF3N5/c18-11-3-4-14(23-9-11)15-8-12-10-25(6-7-26(12)24-15)16-13(17(19,20)21)2-1-5-22-16/h1-5,8-9H,6-7,10H2. The molecule has 0 aliphatic carbocycles. The SMILES string of the molecule is FC(F)(F)c1cccnc1N1CCn2nc(-c3ccc(Cl)cn3)cc2C1. The summed E-state index contributed by atoms with van der Waals surface area (Å²) in [6.07, 6.45) is -1.54. The van der Waals surface area contributed by atoms with E-state index in [1.165, 1.54) is 18.5 Å². The Morgan fingerprint density at radius 2 is 1.88 bits per heavy atom. The van der Waals surface area contributed by atoms with E-state index >= 15 is 0 Å². The van der Waals surface area contributed by atoms with Crippen molar-refractivity contribution in [2.45, 2.75) is 19.3 Å². The average Bonchev–Trinajstić information content (AvgIpc) is 3.04. The number of hydrogen-bond acceptors (Lipinski definition) is 4. The summed E-state index contributed by atoms with van der Waals surface area (Å²) in [7, 11) is 0. The van der Waals surface area contributed by atoms with Crippen molar-refractivity contribution in [2.75, 3.05) is 11.4 Å². The van der Waals surface area contributed by atoms with Crippen molar-refractivity contribution in [1.29, 1.82) is 0 Å². The van der Waals surface area contributed by atoms with Crippen LogP contribution in [0.2, 0.25) is 5.02 Å². The number of halogens is 4. The van der Waals surface area contributed by atoms with Crippen LogP contribution in [0, 0.1) is 0 Å². The van der Waals surface area contributed by atoms with Crippen LogP contribution in [0.3, 0.4) is 0 Å². The predicted octanol–water partition coefficient (Wildman–Crippen LogP) is 4.03. The molecule has 0 bridgehead atoms. The fourth-order valence-electron chi connectivity index (χ4n) is 2.97. The van der Waals surface area contributed by atoms with E-state index in [1.807, 2.05) is 6.07 Å². The van der Waals surface area contributed by atoms with Gasteiger partial charge < -0.3 is 4.90 Å². The first-order valence-electron chi connectivity index (χ1n) is 7.87. The zero-order valence-corrected chi connectivity index (χ0v) is 14.2. The molecule has 1 aliphatic rings. The highest BCUT2D eigenvalue weighted by molar-refractivity contribution is 6.30. The van der Waals surface area contributed by atoms with Crippen LogP contribution in [-0.2, 0) is 19.3 Å². The summed E-state index contributed by atoms with van der Waals surface area (Å²) in [5, 5.41) is 5.02. The van der Waals surface area contributed by atoms with E-state index in [0.717, 1.165) is 11.8 Å². The van der Waals surface area contributed by atoms with E-state index in [2.05, 4.69) is 15.1 Å². The lowest BCUT2D eigenvalue weighted by Crippen LogP contribution is -2.35. The minimum atomic E-state index is -4.44. The van der Waals surface area contributed by atoms with Gasteiger partial charge in [-0.1, -0.05) is 11.6 Å². The Hall–Kier alpha value is -2.61. The number of fused-ring (bicyclic) bond motifs is 1. The van der Waals surface area contributed by atoms with Gasteiger partial charge in [-0.25, -0.2) is 4.98 Å². The molecule has 0 unspecified atom stereocenters. The monoisotopic (exact) mass is 379 g/mol. The summed E-state index contributed by atoms with van der Waals surface area (Å²) in [5.41, 5.74) is 1.40. The maximum atomic E-state index is 13.3. The van der Waals surface area contributed by atoms with Crippen molar-refractivity contribution >= 4 is 17.4 Å². The van der Waals surface area contributed by atoms with Crippen LogP contribution < -0.4 is 4.90 Å². The first kappa shape index (κ1) is 16.8. The van der Waals surface area contributed by atoms with Crippen LogP contribution in [0.1, 0.15) is 11.3 Å². The molecule has 0 fully saturated rings. The zero-order valence-electron chi connectivity index (χ0n) is 13.4. The fourth-order valence-corrected chi connectivity index (χ4v) is 3.08. The molecule has 0 atom stereocenters. The van der Waals surface area contributed by atoms with Gasteiger partial charge in [-0.05, 0) is 30.3 Å². The Labute approximate surface area is 152 Å². The third-order valence-corrected chi connectivity index (χ3v) is 4.40. The second-order valence-corrected chi connectivity index (χ2v) is 6.34. The van der Waals surface area contributed by atoms with Crippen molar-refractivity contribution in [2.24, 2.45) is 0 Å². The molecule has 0 saturated heterocycles. The number of rotatable bonds is 2. The number of alkyl halides is 3. The largest absolute Gasteiger partial charge is 0.419 e. The van der Waals surface area contributed by atoms with Crippen molar-refractivity contribution < 1.29 is 13.2 Å². The summed E-state index contributed by atoms with van der Waals surface area (Å²) in [6.45, 7) is 1.15. The molecule has 0 aromatic carbocycles. The first-order chi connectivity index (χ1) is 12.4. The van der Waals surface area contributed by atoms with Crippen molar-refractivity contribution in [3.05, 3.63) is 59.0 Å². The Kier molecular flexibility index (Phi) is 4.07. The third-order valence-electron chi connectivity index (χ3n) is 4.18. The third kappa shape index (κ3) is 3.12. The van der Waals surface area contributed by atoms with Crippen LogP contribution in [0.25, 0.3) is 11.4 Å². The first-order valence-corrected chi connectivity index (χ1v) is 8.25. The topological polar surface area (TPSA) is 46.8 Å². The van der Waals surface area contributed by atoms with E-state index in [-0.39, 0.29) is 5.82 Å². The van der Waals surface area contributed by atoms with E-state index in [9.17, 15) is 13.2 Å². The molecule has 3 aromatic heterocycles. The lowest BCUT2D eigenvalue weighted by atomic mass is 10.2. The van der Waals surface area contributed by atoms with Gasteiger partial charge in [0.05, 0.1) is 35.1 Å². The summed E-state index contributed by atoms with van der Waals surface area (Å²) in [6, 6.07) is 7.66.